The van der Waals surface area contributed by atoms with Crippen LogP contribution in [-0.2, 0) is 23.1 Å². The molecule has 18 heavy (non-hydrogen) atoms. The SMILES string of the molecule is CC(C)OP(=O)(CCCOCC1CO1)OC(C)C. The second kappa shape index (κ2) is 7.61. The maximum absolute atomic E-state index is 12.4. The van der Waals surface area contributed by atoms with Gasteiger partial charge in [-0.05, 0) is 34.1 Å². The smallest absolute Gasteiger partial charge is 0.331 e. The molecule has 6 heteroatoms. The van der Waals surface area contributed by atoms with E-state index in [1.54, 1.807) is 0 Å². The predicted octanol–water partition coefficient (Wildman–Crippen LogP) is 2.84. The van der Waals surface area contributed by atoms with E-state index in [4.69, 9.17) is 18.5 Å². The minimum atomic E-state index is -2.99. The van der Waals surface area contributed by atoms with Gasteiger partial charge in [-0.3, -0.25) is 4.57 Å². The molecule has 0 N–H and O–H groups in total. The van der Waals surface area contributed by atoms with E-state index in [0.717, 1.165) is 6.61 Å². The molecule has 108 valence electrons. The van der Waals surface area contributed by atoms with Crippen molar-refractivity contribution in [2.24, 2.45) is 0 Å². The maximum Gasteiger partial charge on any atom is 0.331 e. The van der Waals surface area contributed by atoms with Crippen LogP contribution in [0.15, 0.2) is 0 Å². The summed E-state index contributed by atoms with van der Waals surface area (Å²) in [6, 6.07) is 0. The summed E-state index contributed by atoms with van der Waals surface area (Å²) in [5, 5.41) is 0. The zero-order valence-corrected chi connectivity index (χ0v) is 12.7. The Labute approximate surface area is 110 Å². The molecule has 1 saturated heterocycles. The molecule has 5 nitrogen and oxygen atoms in total. The molecule has 0 aromatic carbocycles. The van der Waals surface area contributed by atoms with E-state index in [1.807, 2.05) is 27.7 Å². The van der Waals surface area contributed by atoms with Gasteiger partial charge in [0.15, 0.2) is 0 Å². The van der Waals surface area contributed by atoms with Gasteiger partial charge in [-0.2, -0.15) is 0 Å². The predicted molar refractivity (Wildman–Crippen MR) is 70.1 cm³/mol. The zero-order valence-electron chi connectivity index (χ0n) is 11.8. The van der Waals surface area contributed by atoms with Crippen LogP contribution in [0.1, 0.15) is 34.1 Å². The Kier molecular flexibility index (Phi) is 6.82. The average molecular weight is 280 g/mol. The fourth-order valence-corrected chi connectivity index (χ4v) is 3.57. The number of rotatable bonds is 10. The molecule has 0 radical (unpaired) electrons. The van der Waals surface area contributed by atoms with Gasteiger partial charge in [-0.15, -0.1) is 0 Å². The Morgan fingerprint density at radius 2 is 1.78 bits per heavy atom. The van der Waals surface area contributed by atoms with Gasteiger partial charge < -0.3 is 18.5 Å². The lowest BCUT2D eigenvalue weighted by Gasteiger charge is -2.22. The standard InChI is InChI=1S/C12H25O5P/c1-10(2)16-18(13,17-11(3)4)7-5-6-14-8-12-9-15-12/h10-12H,5-9H2,1-4H3. The van der Waals surface area contributed by atoms with Crippen molar-refractivity contribution in [1.82, 2.24) is 0 Å². The van der Waals surface area contributed by atoms with E-state index in [-0.39, 0.29) is 18.3 Å². The van der Waals surface area contributed by atoms with Crippen molar-refractivity contribution in [2.45, 2.75) is 52.4 Å². The number of epoxide rings is 1. The maximum atomic E-state index is 12.4. The quantitative estimate of drug-likeness (QED) is 0.350. The van der Waals surface area contributed by atoms with Crippen LogP contribution in [0, 0.1) is 0 Å². The lowest BCUT2D eigenvalue weighted by atomic mass is 10.5. The summed E-state index contributed by atoms with van der Waals surface area (Å²) < 4.78 is 33.7. The summed E-state index contributed by atoms with van der Waals surface area (Å²) in [5.74, 6) is 0. The molecule has 1 heterocycles. The van der Waals surface area contributed by atoms with Crippen LogP contribution in [0.2, 0.25) is 0 Å². The second-order valence-electron chi connectivity index (χ2n) is 5.03. The summed E-state index contributed by atoms with van der Waals surface area (Å²) in [6.07, 6.45) is 1.14. The molecule has 0 saturated carbocycles. The molecule has 1 aliphatic heterocycles. The average Bonchev–Trinajstić information content (AvgIpc) is 2.97. The minimum absolute atomic E-state index is 0.102. The third-order valence-corrected chi connectivity index (χ3v) is 4.52. The zero-order chi connectivity index (χ0) is 13.6. The van der Waals surface area contributed by atoms with E-state index < -0.39 is 7.60 Å². The molecule has 0 aliphatic carbocycles. The molecule has 0 aromatic rings. The highest BCUT2D eigenvalue weighted by Gasteiger charge is 2.27. The number of hydrogen-bond donors (Lipinski definition) is 0. The molecule has 0 amide bonds. The Hall–Kier alpha value is 0.0700. The highest BCUT2D eigenvalue weighted by molar-refractivity contribution is 7.53. The van der Waals surface area contributed by atoms with Crippen molar-refractivity contribution >= 4 is 7.60 Å². The van der Waals surface area contributed by atoms with Crippen molar-refractivity contribution in [1.29, 1.82) is 0 Å². The van der Waals surface area contributed by atoms with Crippen molar-refractivity contribution < 1.29 is 23.1 Å². The van der Waals surface area contributed by atoms with Gasteiger partial charge in [0.05, 0.1) is 31.6 Å². The lowest BCUT2D eigenvalue weighted by molar-refractivity contribution is 0.111. The normalized spacial score (nSPS) is 19.8. The fraction of sp³-hybridized carbons (Fsp3) is 1.00. The van der Waals surface area contributed by atoms with Crippen LogP contribution in [0.25, 0.3) is 0 Å². The largest absolute Gasteiger partial charge is 0.379 e. The van der Waals surface area contributed by atoms with Gasteiger partial charge in [0, 0.05) is 6.61 Å². The highest BCUT2D eigenvalue weighted by Crippen LogP contribution is 2.50. The fourth-order valence-electron chi connectivity index (χ4n) is 1.51. The van der Waals surface area contributed by atoms with Crippen LogP contribution in [-0.4, -0.2) is 44.3 Å². The monoisotopic (exact) mass is 280 g/mol. The van der Waals surface area contributed by atoms with E-state index in [2.05, 4.69) is 0 Å². The van der Waals surface area contributed by atoms with Crippen LogP contribution in [0.4, 0.5) is 0 Å². The van der Waals surface area contributed by atoms with Crippen molar-refractivity contribution in [2.75, 3.05) is 26.0 Å². The lowest BCUT2D eigenvalue weighted by Crippen LogP contribution is -2.12. The van der Waals surface area contributed by atoms with Crippen LogP contribution >= 0.6 is 7.60 Å². The van der Waals surface area contributed by atoms with Gasteiger partial charge in [0.25, 0.3) is 0 Å². The third-order valence-electron chi connectivity index (χ3n) is 2.17. The van der Waals surface area contributed by atoms with E-state index in [1.165, 1.54) is 0 Å². The summed E-state index contributed by atoms with van der Waals surface area (Å²) in [6.45, 7) is 9.42. The Balaban J connectivity index is 2.23. The Morgan fingerprint density at radius 1 is 1.22 bits per heavy atom. The molecule has 1 rings (SSSR count). The highest BCUT2D eigenvalue weighted by atomic mass is 31.2. The number of hydrogen-bond acceptors (Lipinski definition) is 5. The molecule has 0 bridgehead atoms. The first-order chi connectivity index (χ1) is 8.41. The van der Waals surface area contributed by atoms with E-state index in [9.17, 15) is 4.57 Å². The van der Waals surface area contributed by atoms with Crippen LogP contribution in [0.5, 0.6) is 0 Å². The molecular weight excluding hydrogens is 255 g/mol. The Bertz CT molecular complexity index is 262. The van der Waals surface area contributed by atoms with Crippen LogP contribution in [0.3, 0.4) is 0 Å². The minimum Gasteiger partial charge on any atom is -0.379 e. The molecule has 0 aromatic heterocycles. The van der Waals surface area contributed by atoms with Crippen molar-refractivity contribution in [3.8, 4) is 0 Å². The molecule has 1 aliphatic rings. The number of ether oxygens (including phenoxy) is 2. The summed E-state index contributed by atoms with van der Waals surface area (Å²) in [7, 11) is -2.99. The van der Waals surface area contributed by atoms with Crippen molar-refractivity contribution in [3.05, 3.63) is 0 Å². The molecule has 1 unspecified atom stereocenters. The second-order valence-corrected chi connectivity index (χ2v) is 7.12. The summed E-state index contributed by atoms with van der Waals surface area (Å²) in [4.78, 5) is 0. The van der Waals surface area contributed by atoms with Gasteiger partial charge in [-0.25, -0.2) is 0 Å². The topological polar surface area (TPSA) is 57.3 Å². The Morgan fingerprint density at radius 3 is 2.22 bits per heavy atom. The summed E-state index contributed by atoms with van der Waals surface area (Å²) in [5.41, 5.74) is 0. The third kappa shape index (κ3) is 7.49. The first-order valence-corrected chi connectivity index (χ1v) is 8.29. The van der Waals surface area contributed by atoms with Gasteiger partial charge in [0.1, 0.15) is 6.10 Å². The molecule has 1 fully saturated rings. The van der Waals surface area contributed by atoms with E-state index >= 15 is 0 Å². The van der Waals surface area contributed by atoms with E-state index in [0.29, 0.717) is 25.8 Å². The first kappa shape index (κ1) is 16.1. The summed E-state index contributed by atoms with van der Waals surface area (Å²) >= 11 is 0. The van der Waals surface area contributed by atoms with Crippen molar-refractivity contribution in [3.63, 3.8) is 0 Å². The van der Waals surface area contributed by atoms with Crippen LogP contribution < -0.4 is 0 Å². The molecule has 1 atom stereocenters. The van der Waals surface area contributed by atoms with Gasteiger partial charge in [-0.1, -0.05) is 0 Å². The van der Waals surface area contributed by atoms with Gasteiger partial charge in [0.2, 0.25) is 0 Å². The van der Waals surface area contributed by atoms with Gasteiger partial charge >= 0.3 is 7.60 Å². The first-order valence-electron chi connectivity index (χ1n) is 6.56. The molecular formula is C12H25O5P. The molecule has 0 spiro atoms.